The van der Waals surface area contributed by atoms with Gasteiger partial charge in [-0.1, -0.05) is 0 Å². The first-order valence-corrected chi connectivity index (χ1v) is 7.63. The number of nitrogens with one attached hydrogen (secondary N) is 1. The van der Waals surface area contributed by atoms with Gasteiger partial charge in [0.25, 0.3) is 0 Å². The van der Waals surface area contributed by atoms with Crippen molar-refractivity contribution < 1.29 is 45.6 Å². The fourth-order valence-electron chi connectivity index (χ4n) is 2.86. The molecule has 3 heterocycles. The van der Waals surface area contributed by atoms with Gasteiger partial charge in [-0.2, -0.15) is 8.78 Å². The highest BCUT2D eigenvalue weighted by atomic mass is 32.2. The van der Waals surface area contributed by atoms with Gasteiger partial charge in [-0.05, 0) is 6.42 Å². The molecule has 124 valence electrons. The van der Waals surface area contributed by atoms with Crippen molar-refractivity contribution in [1.82, 2.24) is 5.32 Å². The molecule has 0 aromatic rings. The van der Waals surface area contributed by atoms with E-state index >= 15 is 0 Å². The maximum Gasteiger partial charge on any atom is 0.407 e. The maximum absolute atomic E-state index is 12.9. The van der Waals surface area contributed by atoms with Gasteiger partial charge in [0.2, 0.25) is 0 Å². The lowest BCUT2D eigenvalue weighted by atomic mass is 9.87. The predicted molar refractivity (Wildman–Crippen MR) is 59.6 cm³/mol. The van der Waals surface area contributed by atoms with E-state index in [0.29, 0.717) is 6.42 Å². The van der Waals surface area contributed by atoms with Gasteiger partial charge in [0.1, 0.15) is 6.10 Å². The first-order chi connectivity index (χ1) is 10.1. The second-order valence-corrected chi connectivity index (χ2v) is 6.73. The van der Waals surface area contributed by atoms with Gasteiger partial charge in [0.15, 0.2) is 22.8 Å². The second-order valence-electron chi connectivity index (χ2n) is 5.22. The number of carbonyl (C=O) groups excluding carboxylic acids is 2. The molecule has 5 unspecified atom stereocenters. The largest absolute Gasteiger partial charge is 0.743 e. The van der Waals surface area contributed by atoms with Crippen molar-refractivity contribution in [2.75, 3.05) is 6.61 Å². The molecule has 0 aliphatic carbocycles. The Morgan fingerprint density at radius 1 is 1.45 bits per heavy atom. The number of halogens is 2. The lowest BCUT2D eigenvalue weighted by molar-refractivity contribution is -0.143. The number of amides is 1. The van der Waals surface area contributed by atoms with E-state index in [9.17, 15) is 31.3 Å². The van der Waals surface area contributed by atoms with Crippen molar-refractivity contribution in [3.05, 3.63) is 0 Å². The van der Waals surface area contributed by atoms with E-state index in [0.717, 1.165) is 0 Å². The Balaban J connectivity index is 1.57. The highest BCUT2D eigenvalue weighted by Gasteiger charge is 2.64. The first-order valence-electron chi connectivity index (χ1n) is 6.23. The van der Waals surface area contributed by atoms with E-state index in [4.69, 9.17) is 9.47 Å². The summed E-state index contributed by atoms with van der Waals surface area (Å²) >= 11 is 0. The molecule has 22 heavy (non-hydrogen) atoms. The lowest BCUT2D eigenvalue weighted by Gasteiger charge is -2.24. The molecule has 5 atom stereocenters. The van der Waals surface area contributed by atoms with Crippen LogP contribution in [0.15, 0.2) is 0 Å². The molecule has 0 aromatic carbocycles. The van der Waals surface area contributed by atoms with Crippen LogP contribution in [-0.4, -0.2) is 61.2 Å². The van der Waals surface area contributed by atoms with E-state index in [2.05, 4.69) is 10.1 Å². The lowest BCUT2D eigenvalue weighted by Crippen LogP contribution is -2.50. The molecule has 2 bridgehead atoms. The van der Waals surface area contributed by atoms with Crippen molar-refractivity contribution in [3.8, 4) is 0 Å². The third kappa shape index (κ3) is 2.30. The van der Waals surface area contributed by atoms with Crippen LogP contribution in [0.3, 0.4) is 0 Å². The Morgan fingerprint density at radius 2 is 2.14 bits per heavy atom. The van der Waals surface area contributed by atoms with Crippen molar-refractivity contribution in [2.24, 2.45) is 5.92 Å². The molecule has 0 aromatic heterocycles. The fourth-order valence-corrected chi connectivity index (χ4v) is 3.06. The molecule has 3 fully saturated rings. The number of alkyl halides is 2. The number of rotatable bonds is 4. The van der Waals surface area contributed by atoms with E-state index in [1.807, 2.05) is 0 Å². The number of ether oxygens (including phenoxy) is 3. The van der Waals surface area contributed by atoms with E-state index in [1.54, 1.807) is 0 Å². The SMILES string of the molecule is O=C(NC1C2CC3C(=O)OC1C3O2)OCC(F)(F)S(=O)(=O)[O-]. The number of hydrogen-bond donors (Lipinski definition) is 1. The minimum atomic E-state index is -5.93. The second kappa shape index (κ2) is 4.73. The zero-order valence-electron chi connectivity index (χ0n) is 10.7. The summed E-state index contributed by atoms with van der Waals surface area (Å²) in [4.78, 5) is 22.9. The third-order valence-electron chi connectivity index (χ3n) is 3.87. The Labute approximate surface area is 122 Å². The summed E-state index contributed by atoms with van der Waals surface area (Å²) < 4.78 is 71.0. The molecule has 3 rings (SSSR count). The van der Waals surface area contributed by atoms with Crippen LogP contribution in [0, 0.1) is 5.92 Å². The van der Waals surface area contributed by atoms with Crippen molar-refractivity contribution in [1.29, 1.82) is 0 Å². The summed E-state index contributed by atoms with van der Waals surface area (Å²) in [6, 6.07) is -0.766. The van der Waals surface area contributed by atoms with Crippen LogP contribution in [0.2, 0.25) is 0 Å². The van der Waals surface area contributed by atoms with Gasteiger partial charge in [-0.15, -0.1) is 0 Å². The van der Waals surface area contributed by atoms with Crippen LogP contribution < -0.4 is 5.32 Å². The molecule has 9 nitrogen and oxygen atoms in total. The van der Waals surface area contributed by atoms with Gasteiger partial charge in [-0.25, -0.2) is 13.2 Å². The number of alkyl carbamates (subject to hydrolysis) is 1. The summed E-state index contributed by atoms with van der Waals surface area (Å²) in [5.41, 5.74) is 0. The summed E-state index contributed by atoms with van der Waals surface area (Å²) in [6.07, 6.45) is -2.76. The summed E-state index contributed by atoms with van der Waals surface area (Å²) in [5, 5.41) is -2.53. The molecule has 1 amide bonds. The number of fused-ring (bicyclic) bond motifs is 1. The molecular weight excluding hydrogens is 332 g/mol. The van der Waals surface area contributed by atoms with Crippen molar-refractivity contribution in [2.45, 2.75) is 36.0 Å². The number of hydrogen-bond acceptors (Lipinski definition) is 8. The average molecular weight is 342 g/mol. The monoisotopic (exact) mass is 342 g/mol. The zero-order chi connectivity index (χ0) is 16.3. The average Bonchev–Trinajstić information content (AvgIpc) is 3.00. The summed E-state index contributed by atoms with van der Waals surface area (Å²) in [6.45, 7) is -1.90. The Hall–Kier alpha value is -1.53. The quantitative estimate of drug-likeness (QED) is 0.505. The highest BCUT2D eigenvalue weighted by molar-refractivity contribution is 7.86. The van der Waals surface area contributed by atoms with Gasteiger partial charge < -0.3 is 24.1 Å². The molecule has 0 saturated carbocycles. The highest BCUT2D eigenvalue weighted by Crippen LogP contribution is 2.46. The Morgan fingerprint density at radius 3 is 2.77 bits per heavy atom. The van der Waals surface area contributed by atoms with Crippen molar-refractivity contribution >= 4 is 22.2 Å². The molecule has 0 spiro atoms. The maximum atomic E-state index is 12.9. The molecular formula is C10H10F2NO8S-. The zero-order valence-corrected chi connectivity index (χ0v) is 11.5. The first kappa shape index (κ1) is 15.4. The molecule has 3 aliphatic rings. The number of carbonyl (C=O) groups is 2. The van der Waals surface area contributed by atoms with Crippen LogP contribution >= 0.6 is 0 Å². The topological polar surface area (TPSA) is 131 Å². The van der Waals surface area contributed by atoms with Gasteiger partial charge in [-0.3, -0.25) is 4.79 Å². The summed E-state index contributed by atoms with van der Waals surface area (Å²) in [7, 11) is -5.93. The minimum absolute atomic E-state index is 0.329. The van der Waals surface area contributed by atoms with Crippen LogP contribution in [0.25, 0.3) is 0 Å². The standard InChI is InChI=1S/C10H11F2NO8S/c11-10(12,22(16,17)18)2-19-9(15)13-5-4-1-3-6(20-4)7(5)21-8(3)14/h3-7H,1-2H2,(H,13,15)(H,16,17,18)/p-1. The molecule has 1 N–H and O–H groups in total. The van der Waals surface area contributed by atoms with E-state index in [-0.39, 0.29) is 5.92 Å². The number of esters is 1. The smallest absolute Gasteiger partial charge is 0.407 e. The molecule has 12 heteroatoms. The minimum Gasteiger partial charge on any atom is -0.743 e. The van der Waals surface area contributed by atoms with Crippen molar-refractivity contribution in [3.63, 3.8) is 0 Å². The summed E-state index contributed by atoms with van der Waals surface area (Å²) in [5.74, 6) is -0.835. The van der Waals surface area contributed by atoms with Gasteiger partial charge >= 0.3 is 17.3 Å². The van der Waals surface area contributed by atoms with Crippen LogP contribution in [0.5, 0.6) is 0 Å². The van der Waals surface area contributed by atoms with Crippen LogP contribution in [0.1, 0.15) is 6.42 Å². The molecule has 3 aliphatic heterocycles. The Bertz CT molecular complexity index is 622. The van der Waals surface area contributed by atoms with Crippen LogP contribution in [-0.2, 0) is 29.1 Å². The Kier molecular flexibility index (Phi) is 3.30. The normalized spacial score (nSPS) is 36.3. The molecule has 3 saturated heterocycles. The van der Waals surface area contributed by atoms with E-state index < -0.39 is 58.4 Å². The van der Waals surface area contributed by atoms with Gasteiger partial charge in [0, 0.05) is 0 Å². The predicted octanol–water partition coefficient (Wildman–Crippen LogP) is -1.07. The fraction of sp³-hybridized carbons (Fsp3) is 0.800. The van der Waals surface area contributed by atoms with Crippen LogP contribution in [0.4, 0.5) is 13.6 Å². The molecule has 0 radical (unpaired) electrons. The van der Waals surface area contributed by atoms with E-state index in [1.165, 1.54) is 0 Å². The van der Waals surface area contributed by atoms with Gasteiger partial charge in [0.05, 0.1) is 18.1 Å². The third-order valence-corrected chi connectivity index (χ3v) is 4.72.